The second kappa shape index (κ2) is 5.34. The van der Waals surface area contributed by atoms with Crippen LogP contribution in [0.2, 0.25) is 0 Å². The standard InChI is InChI=1S/C20H13NO4/c22-19-14(18-20-16(7-8-21-18)23-9-10-24-20)11-25-15-6-5-12-3-1-2-4-13(12)17(15)19/h1-8,11H,9-10H2. The second-order valence-corrected chi connectivity index (χ2v) is 5.82. The maximum Gasteiger partial charge on any atom is 0.202 e. The van der Waals surface area contributed by atoms with Crippen molar-refractivity contribution in [2.75, 3.05) is 13.2 Å². The number of hydrogen-bond acceptors (Lipinski definition) is 5. The quantitative estimate of drug-likeness (QED) is 0.497. The zero-order valence-corrected chi connectivity index (χ0v) is 13.2. The lowest BCUT2D eigenvalue weighted by molar-refractivity contribution is 0.171. The lowest BCUT2D eigenvalue weighted by atomic mass is 10.0. The Bertz CT molecular complexity index is 1180. The lowest BCUT2D eigenvalue weighted by Gasteiger charge is -2.20. The summed E-state index contributed by atoms with van der Waals surface area (Å²) in [5, 5.41) is 2.39. The Morgan fingerprint density at radius 3 is 2.80 bits per heavy atom. The van der Waals surface area contributed by atoms with Crippen LogP contribution in [0.25, 0.3) is 33.0 Å². The van der Waals surface area contributed by atoms with Crippen molar-refractivity contribution in [3.63, 3.8) is 0 Å². The number of hydrogen-bond donors (Lipinski definition) is 0. The van der Waals surface area contributed by atoms with E-state index in [2.05, 4.69) is 4.98 Å². The van der Waals surface area contributed by atoms with E-state index in [9.17, 15) is 4.79 Å². The Labute approximate surface area is 142 Å². The molecule has 4 aromatic rings. The fourth-order valence-electron chi connectivity index (χ4n) is 3.23. The highest BCUT2D eigenvalue weighted by Gasteiger charge is 2.22. The molecule has 0 unspecified atom stereocenters. The molecule has 5 nitrogen and oxygen atoms in total. The highest BCUT2D eigenvalue weighted by atomic mass is 16.6. The van der Waals surface area contributed by atoms with Crippen molar-refractivity contribution in [1.82, 2.24) is 4.98 Å². The molecule has 122 valence electrons. The van der Waals surface area contributed by atoms with E-state index < -0.39 is 0 Å². The highest BCUT2D eigenvalue weighted by Crippen LogP contribution is 2.37. The van der Waals surface area contributed by atoms with Crippen LogP contribution in [0.4, 0.5) is 0 Å². The Hall–Kier alpha value is -3.34. The number of benzene rings is 2. The predicted molar refractivity (Wildman–Crippen MR) is 94.2 cm³/mol. The van der Waals surface area contributed by atoms with Crippen LogP contribution in [-0.4, -0.2) is 18.2 Å². The molecule has 3 heterocycles. The van der Waals surface area contributed by atoms with Gasteiger partial charge in [0.1, 0.15) is 30.8 Å². The van der Waals surface area contributed by atoms with Gasteiger partial charge in [0.15, 0.2) is 11.5 Å². The highest BCUT2D eigenvalue weighted by molar-refractivity contribution is 6.06. The summed E-state index contributed by atoms with van der Waals surface area (Å²) in [5.41, 5.74) is 1.23. The second-order valence-electron chi connectivity index (χ2n) is 5.82. The molecule has 0 amide bonds. The minimum Gasteiger partial charge on any atom is -0.486 e. The number of nitrogens with zero attached hydrogens (tertiary/aromatic N) is 1. The summed E-state index contributed by atoms with van der Waals surface area (Å²) in [5.74, 6) is 1.08. The van der Waals surface area contributed by atoms with Crippen molar-refractivity contribution in [2.24, 2.45) is 0 Å². The SMILES string of the molecule is O=c1c(-c2nccc3c2OCCO3)coc2ccc3ccccc3c12. The van der Waals surface area contributed by atoms with Crippen LogP contribution in [-0.2, 0) is 0 Å². The van der Waals surface area contributed by atoms with Crippen LogP contribution in [0.1, 0.15) is 0 Å². The van der Waals surface area contributed by atoms with Gasteiger partial charge in [-0.25, -0.2) is 0 Å². The maximum absolute atomic E-state index is 13.2. The molecule has 5 heteroatoms. The minimum absolute atomic E-state index is 0.131. The first-order valence-corrected chi connectivity index (χ1v) is 8.01. The zero-order valence-electron chi connectivity index (χ0n) is 13.2. The molecule has 0 saturated carbocycles. The summed E-state index contributed by atoms with van der Waals surface area (Å²) >= 11 is 0. The summed E-state index contributed by atoms with van der Waals surface area (Å²) in [6.45, 7) is 0.904. The van der Waals surface area contributed by atoms with E-state index in [1.807, 2.05) is 36.4 Å². The fraction of sp³-hybridized carbons (Fsp3) is 0.100. The summed E-state index contributed by atoms with van der Waals surface area (Å²) in [4.78, 5) is 17.6. The number of rotatable bonds is 1. The zero-order chi connectivity index (χ0) is 16.8. The minimum atomic E-state index is -0.131. The third-order valence-corrected chi connectivity index (χ3v) is 4.38. The molecule has 0 saturated heterocycles. The topological polar surface area (TPSA) is 61.6 Å². The summed E-state index contributed by atoms with van der Waals surface area (Å²) in [6, 6.07) is 13.2. The number of ether oxygens (including phenoxy) is 2. The first kappa shape index (κ1) is 14.0. The van der Waals surface area contributed by atoms with Gasteiger partial charge in [-0.15, -0.1) is 0 Å². The summed E-state index contributed by atoms with van der Waals surface area (Å²) < 4.78 is 17.0. The first-order chi connectivity index (χ1) is 12.3. The average molecular weight is 331 g/mol. The van der Waals surface area contributed by atoms with Crippen LogP contribution >= 0.6 is 0 Å². The van der Waals surface area contributed by atoms with Gasteiger partial charge in [0.2, 0.25) is 5.43 Å². The van der Waals surface area contributed by atoms with E-state index in [4.69, 9.17) is 13.9 Å². The van der Waals surface area contributed by atoms with Gasteiger partial charge in [-0.2, -0.15) is 0 Å². The molecule has 2 aromatic carbocycles. The van der Waals surface area contributed by atoms with E-state index in [1.165, 1.54) is 6.26 Å². The molecule has 0 atom stereocenters. The molecule has 0 bridgehead atoms. The van der Waals surface area contributed by atoms with Gasteiger partial charge in [0.05, 0.1) is 10.9 Å². The predicted octanol–water partition coefficient (Wildman–Crippen LogP) is 3.78. The van der Waals surface area contributed by atoms with E-state index in [0.29, 0.717) is 46.9 Å². The van der Waals surface area contributed by atoms with Crippen molar-refractivity contribution in [3.8, 4) is 22.8 Å². The molecule has 1 aliphatic rings. The average Bonchev–Trinajstić information content (AvgIpc) is 2.68. The van der Waals surface area contributed by atoms with Crippen LogP contribution in [0.15, 0.2) is 64.1 Å². The third-order valence-electron chi connectivity index (χ3n) is 4.38. The molecule has 0 N–H and O–H groups in total. The molecule has 0 radical (unpaired) electrons. The van der Waals surface area contributed by atoms with Crippen molar-refractivity contribution in [1.29, 1.82) is 0 Å². The summed E-state index contributed by atoms with van der Waals surface area (Å²) in [7, 11) is 0. The van der Waals surface area contributed by atoms with Crippen LogP contribution in [0.3, 0.4) is 0 Å². The Kier molecular flexibility index (Phi) is 3.00. The van der Waals surface area contributed by atoms with Crippen LogP contribution in [0.5, 0.6) is 11.5 Å². The molecule has 0 aliphatic carbocycles. The van der Waals surface area contributed by atoms with Crippen LogP contribution in [0, 0.1) is 0 Å². The molecule has 0 fully saturated rings. The van der Waals surface area contributed by atoms with Gasteiger partial charge >= 0.3 is 0 Å². The van der Waals surface area contributed by atoms with E-state index in [1.54, 1.807) is 12.3 Å². The van der Waals surface area contributed by atoms with E-state index >= 15 is 0 Å². The van der Waals surface area contributed by atoms with Gasteiger partial charge in [0.25, 0.3) is 0 Å². The molecule has 25 heavy (non-hydrogen) atoms. The lowest BCUT2D eigenvalue weighted by Crippen LogP contribution is -2.17. The largest absolute Gasteiger partial charge is 0.486 e. The van der Waals surface area contributed by atoms with Gasteiger partial charge < -0.3 is 13.9 Å². The van der Waals surface area contributed by atoms with Gasteiger partial charge in [-0.05, 0) is 16.8 Å². The van der Waals surface area contributed by atoms with Gasteiger partial charge in [0, 0.05) is 12.3 Å². The van der Waals surface area contributed by atoms with Gasteiger partial charge in [-0.3, -0.25) is 9.78 Å². The van der Waals surface area contributed by atoms with E-state index in [0.717, 1.165) is 10.8 Å². The molecule has 2 aromatic heterocycles. The van der Waals surface area contributed by atoms with Gasteiger partial charge in [-0.1, -0.05) is 30.3 Å². The van der Waals surface area contributed by atoms with Crippen LogP contribution < -0.4 is 14.9 Å². The fourth-order valence-corrected chi connectivity index (χ4v) is 3.23. The smallest absolute Gasteiger partial charge is 0.202 e. The Morgan fingerprint density at radius 2 is 1.84 bits per heavy atom. The van der Waals surface area contributed by atoms with Crippen molar-refractivity contribution in [2.45, 2.75) is 0 Å². The maximum atomic E-state index is 13.2. The number of fused-ring (bicyclic) bond motifs is 4. The normalized spacial score (nSPS) is 13.3. The number of pyridine rings is 1. The first-order valence-electron chi connectivity index (χ1n) is 8.01. The Morgan fingerprint density at radius 1 is 0.960 bits per heavy atom. The molecule has 0 spiro atoms. The molecule has 5 rings (SSSR count). The van der Waals surface area contributed by atoms with E-state index in [-0.39, 0.29) is 5.43 Å². The van der Waals surface area contributed by atoms with Crippen molar-refractivity contribution >= 4 is 21.7 Å². The Balaban J connectivity index is 1.86. The summed E-state index contributed by atoms with van der Waals surface area (Å²) in [6.07, 6.45) is 3.05. The molecular weight excluding hydrogens is 318 g/mol. The molecule has 1 aliphatic heterocycles. The van der Waals surface area contributed by atoms with Crippen molar-refractivity contribution < 1.29 is 13.9 Å². The molecular formula is C20H13NO4. The monoisotopic (exact) mass is 331 g/mol. The van der Waals surface area contributed by atoms with Crippen molar-refractivity contribution in [3.05, 3.63) is 65.1 Å². The number of aromatic nitrogens is 1. The third kappa shape index (κ3) is 2.09.